The van der Waals surface area contributed by atoms with Crippen molar-refractivity contribution in [1.29, 1.82) is 0 Å². The van der Waals surface area contributed by atoms with E-state index >= 15 is 0 Å². The molecule has 2 heterocycles. The van der Waals surface area contributed by atoms with Crippen LogP contribution >= 0.6 is 0 Å². The molecule has 0 saturated carbocycles. The van der Waals surface area contributed by atoms with Crippen molar-refractivity contribution in [3.05, 3.63) is 177 Å². The number of aromatic hydroxyl groups is 1. The van der Waals surface area contributed by atoms with Crippen LogP contribution in [0.2, 0.25) is 0 Å². The molecule has 5 aromatic carbocycles. The predicted molar refractivity (Wildman–Crippen MR) is 227 cm³/mol. The molecule has 1 aliphatic rings. The van der Waals surface area contributed by atoms with E-state index in [-0.39, 0.29) is 35.2 Å². The molecule has 0 radical (unpaired) electrons. The molecule has 0 aliphatic carbocycles. The number of rotatable bonds is 18. The Morgan fingerprint density at radius 1 is 0.847 bits per heavy atom. The van der Waals surface area contributed by atoms with Crippen molar-refractivity contribution in [2.24, 2.45) is 5.92 Å². The molecule has 1 amide bonds. The molecule has 3 unspecified atom stereocenters. The normalized spacial score (nSPS) is 15.1. The van der Waals surface area contributed by atoms with Crippen LogP contribution < -0.4 is 20.9 Å². The summed E-state index contributed by atoms with van der Waals surface area (Å²) in [5.74, 6) is -0.185. The number of fused-ring (bicyclic) bond motifs is 1. The molecule has 0 bridgehead atoms. The first kappa shape index (κ1) is 40.9. The lowest BCUT2D eigenvalue weighted by atomic mass is 9.91. The first-order valence-electron chi connectivity index (χ1n) is 20.1. The Bertz CT molecular complexity index is 2370. The molecule has 1 saturated heterocycles. The maximum absolute atomic E-state index is 13.7. The Kier molecular flexibility index (Phi) is 13.8. The number of carbonyl (C=O) groups excluding carboxylic acids is 2. The van der Waals surface area contributed by atoms with Gasteiger partial charge in [-0.3, -0.25) is 19.3 Å². The minimum absolute atomic E-state index is 0.0593. The second-order valence-electron chi connectivity index (χ2n) is 15.0. The van der Waals surface area contributed by atoms with Gasteiger partial charge in [-0.2, -0.15) is 0 Å². The molecular weight excluding hydrogens is 745 g/mol. The molecule has 0 spiro atoms. The van der Waals surface area contributed by atoms with Gasteiger partial charge in [0.25, 0.3) is 5.91 Å². The Hall–Kier alpha value is -6.27. The van der Waals surface area contributed by atoms with Crippen molar-refractivity contribution in [3.63, 3.8) is 0 Å². The topological polar surface area (TPSA) is 153 Å². The Labute approximate surface area is 343 Å². The molecule has 1 aromatic heterocycles. The minimum atomic E-state index is -0.874. The van der Waals surface area contributed by atoms with E-state index in [2.05, 4.69) is 44.8 Å². The predicted octanol–water partition coefficient (Wildman–Crippen LogP) is 6.45. The van der Waals surface area contributed by atoms with E-state index < -0.39 is 12.0 Å². The lowest BCUT2D eigenvalue weighted by molar-refractivity contribution is -0.145. The molecule has 1 fully saturated rings. The fraction of sp³-hybridized carbons (Fsp3) is 0.271. The van der Waals surface area contributed by atoms with Gasteiger partial charge < -0.3 is 35.3 Å². The number of aliphatic hydroxyl groups excluding tert-OH is 1. The van der Waals surface area contributed by atoms with Crippen LogP contribution in [-0.4, -0.2) is 71.4 Å². The lowest BCUT2D eigenvalue weighted by Crippen LogP contribution is -2.25. The number of pyridine rings is 1. The van der Waals surface area contributed by atoms with Crippen molar-refractivity contribution in [3.8, 4) is 11.5 Å². The number of aromatic nitrogens is 1. The van der Waals surface area contributed by atoms with Crippen LogP contribution in [0.25, 0.3) is 10.9 Å². The van der Waals surface area contributed by atoms with E-state index in [1.165, 1.54) is 17.7 Å². The number of nitrogens with zero attached hydrogens (tertiary/aromatic N) is 1. The minimum Gasteiger partial charge on any atom is -0.506 e. The van der Waals surface area contributed by atoms with Crippen LogP contribution in [0.15, 0.2) is 138 Å². The summed E-state index contributed by atoms with van der Waals surface area (Å²) in [5.41, 5.74) is 4.95. The number of aliphatic hydroxyl groups is 1. The zero-order chi connectivity index (χ0) is 41.0. The Morgan fingerprint density at radius 2 is 1.61 bits per heavy atom. The SMILES string of the molecule is O=C(NCCCOc1cccc(C(C(=O)OCC2CCN(Cc3ccccc3)C2)c2ccccc2)c1)c1ccc(CNCC(O)c2ccc(O)c3[nH]c(=O)ccc23)cc1. The van der Waals surface area contributed by atoms with Crippen LogP contribution in [-0.2, 0) is 22.6 Å². The van der Waals surface area contributed by atoms with Gasteiger partial charge in [0.2, 0.25) is 5.56 Å². The molecule has 7 rings (SSSR count). The van der Waals surface area contributed by atoms with Crippen LogP contribution in [0.4, 0.5) is 0 Å². The summed E-state index contributed by atoms with van der Waals surface area (Å²) in [6.45, 7) is 4.66. The maximum Gasteiger partial charge on any atom is 0.317 e. The Balaban J connectivity index is 0.845. The second kappa shape index (κ2) is 19.9. The van der Waals surface area contributed by atoms with E-state index in [4.69, 9.17) is 9.47 Å². The molecule has 5 N–H and O–H groups in total. The zero-order valence-electron chi connectivity index (χ0n) is 32.9. The van der Waals surface area contributed by atoms with E-state index in [0.29, 0.717) is 60.9 Å². The molecular formula is C48H50N4O7. The van der Waals surface area contributed by atoms with Crippen LogP contribution in [0.3, 0.4) is 0 Å². The van der Waals surface area contributed by atoms with Crippen molar-refractivity contribution in [2.45, 2.75) is 38.0 Å². The third-order valence-electron chi connectivity index (χ3n) is 10.7. The van der Waals surface area contributed by atoms with Crippen molar-refractivity contribution >= 4 is 22.8 Å². The number of phenols is 1. The fourth-order valence-corrected chi connectivity index (χ4v) is 7.56. The number of nitrogens with one attached hydrogen (secondary N) is 3. The van der Waals surface area contributed by atoms with Crippen molar-refractivity contribution in [1.82, 2.24) is 20.5 Å². The summed E-state index contributed by atoms with van der Waals surface area (Å²) in [4.78, 5) is 43.3. The molecule has 3 atom stereocenters. The molecule has 11 nitrogen and oxygen atoms in total. The Morgan fingerprint density at radius 3 is 2.41 bits per heavy atom. The molecule has 6 aromatic rings. The first-order valence-corrected chi connectivity index (χ1v) is 20.1. The van der Waals surface area contributed by atoms with Gasteiger partial charge in [-0.1, -0.05) is 91.0 Å². The number of hydrogen-bond acceptors (Lipinski definition) is 9. The number of esters is 1. The van der Waals surface area contributed by atoms with Crippen molar-refractivity contribution < 1.29 is 29.3 Å². The number of benzene rings is 5. The third kappa shape index (κ3) is 11.0. The number of carbonyl (C=O) groups is 2. The van der Waals surface area contributed by atoms with Gasteiger partial charge in [0.1, 0.15) is 17.4 Å². The van der Waals surface area contributed by atoms with Crippen LogP contribution in [0, 0.1) is 5.92 Å². The van der Waals surface area contributed by atoms with E-state index in [0.717, 1.165) is 42.7 Å². The molecule has 304 valence electrons. The van der Waals surface area contributed by atoms with Gasteiger partial charge in [-0.05, 0) is 83.6 Å². The highest BCUT2D eigenvalue weighted by atomic mass is 16.5. The van der Waals surface area contributed by atoms with Gasteiger partial charge in [-0.25, -0.2) is 0 Å². The largest absolute Gasteiger partial charge is 0.506 e. The summed E-state index contributed by atoms with van der Waals surface area (Å²) in [6.07, 6.45) is 0.702. The molecule has 11 heteroatoms. The summed E-state index contributed by atoms with van der Waals surface area (Å²) in [5, 5.41) is 27.7. The maximum atomic E-state index is 13.7. The van der Waals surface area contributed by atoms with Crippen molar-refractivity contribution in [2.75, 3.05) is 39.4 Å². The number of likely N-dealkylation sites (tertiary alicyclic amines) is 1. The summed E-state index contributed by atoms with van der Waals surface area (Å²) in [7, 11) is 0. The highest BCUT2D eigenvalue weighted by molar-refractivity contribution is 5.94. The summed E-state index contributed by atoms with van der Waals surface area (Å²) >= 11 is 0. The average molecular weight is 795 g/mol. The van der Waals surface area contributed by atoms with Gasteiger partial charge in [0.05, 0.1) is 24.8 Å². The molecule has 1 aliphatic heterocycles. The zero-order valence-corrected chi connectivity index (χ0v) is 32.9. The number of phenolic OH excluding ortho intramolecular Hbond substituents is 1. The number of H-pyrrole nitrogens is 1. The van der Waals surface area contributed by atoms with Crippen LogP contribution in [0.5, 0.6) is 11.5 Å². The highest BCUT2D eigenvalue weighted by Crippen LogP contribution is 2.31. The highest BCUT2D eigenvalue weighted by Gasteiger charge is 2.28. The standard InChI is InChI=1S/C48H50N4O7/c53-42-21-19-40(41-20-22-44(55)51-46(41)42)43(54)29-49-28-33-15-17-37(18-16-33)47(56)50-24-8-26-58-39-14-7-13-38(27-39)45(36-11-5-2-6-12-36)48(57)59-32-35-23-25-52(31-35)30-34-9-3-1-4-10-34/h1-7,9-22,27,35,43,45,49,53-54H,8,23-26,28-32H2,(H,50,56)(H,51,55). The lowest BCUT2D eigenvalue weighted by Gasteiger charge is -2.20. The van der Waals surface area contributed by atoms with E-state index in [1.54, 1.807) is 24.3 Å². The quantitative estimate of drug-likeness (QED) is 0.0488. The number of hydrogen-bond donors (Lipinski definition) is 5. The second-order valence-corrected chi connectivity index (χ2v) is 15.0. The summed E-state index contributed by atoms with van der Waals surface area (Å²) < 4.78 is 12.1. The summed E-state index contributed by atoms with van der Waals surface area (Å²) in [6, 6.07) is 41.0. The smallest absolute Gasteiger partial charge is 0.317 e. The monoisotopic (exact) mass is 794 g/mol. The van der Waals surface area contributed by atoms with E-state index in [9.17, 15) is 24.6 Å². The van der Waals surface area contributed by atoms with E-state index in [1.807, 2.05) is 72.8 Å². The first-order chi connectivity index (χ1) is 28.8. The molecule has 59 heavy (non-hydrogen) atoms. The number of amides is 1. The van der Waals surface area contributed by atoms with Gasteiger partial charge in [0.15, 0.2) is 0 Å². The van der Waals surface area contributed by atoms with Crippen LogP contribution in [0.1, 0.15) is 63.0 Å². The van der Waals surface area contributed by atoms with Gasteiger partial charge in [-0.15, -0.1) is 0 Å². The van der Waals surface area contributed by atoms with Gasteiger partial charge >= 0.3 is 5.97 Å². The number of ether oxygens (including phenoxy) is 2. The average Bonchev–Trinajstić information content (AvgIpc) is 3.71. The van der Waals surface area contributed by atoms with Gasteiger partial charge in [0, 0.05) is 55.7 Å². The third-order valence-corrected chi connectivity index (χ3v) is 10.7. The fourth-order valence-electron chi connectivity index (χ4n) is 7.56. The number of aromatic amines is 1.